The Hall–Kier alpha value is -1.85. The second kappa shape index (κ2) is 8.98. The van der Waals surface area contributed by atoms with Gasteiger partial charge in [0.2, 0.25) is 0 Å². The van der Waals surface area contributed by atoms with Crippen LogP contribution in [0.3, 0.4) is 0 Å². The summed E-state index contributed by atoms with van der Waals surface area (Å²) in [5, 5.41) is 0. The normalized spacial score (nSPS) is 42.9. The fraction of sp³-hybridized carbons (Fsp3) is 0.821. The molecule has 2 bridgehead atoms. The van der Waals surface area contributed by atoms with E-state index in [9.17, 15) is 14.4 Å². The molecule has 8 atom stereocenters. The van der Waals surface area contributed by atoms with Gasteiger partial charge in [0.15, 0.2) is 0 Å². The molecule has 4 aliphatic carbocycles. The minimum Gasteiger partial charge on any atom is -0.465 e. The summed E-state index contributed by atoms with van der Waals surface area (Å²) in [6.45, 7) is 14.2. The van der Waals surface area contributed by atoms with E-state index in [1.807, 2.05) is 6.92 Å². The van der Waals surface area contributed by atoms with Crippen LogP contribution in [0.5, 0.6) is 0 Å². The molecule has 4 rings (SSSR count). The van der Waals surface area contributed by atoms with Gasteiger partial charge in [-0.25, -0.2) is 0 Å². The maximum Gasteiger partial charge on any atom is 0.305 e. The molecule has 0 unspecified atom stereocenters. The van der Waals surface area contributed by atoms with Crippen LogP contribution in [-0.4, -0.2) is 36.7 Å². The number of carbonyl (C=O) groups excluding carboxylic acids is 3. The van der Waals surface area contributed by atoms with Crippen molar-refractivity contribution in [3.63, 3.8) is 0 Å². The topological polar surface area (TPSA) is 78.9 Å². The average Bonchev–Trinajstić information content (AvgIpc) is 3.04. The highest BCUT2D eigenvalue weighted by atomic mass is 16.6. The number of hydrogen-bond acceptors (Lipinski definition) is 6. The monoisotopic (exact) mass is 474 g/mol. The van der Waals surface area contributed by atoms with E-state index >= 15 is 0 Å². The van der Waals surface area contributed by atoms with Crippen molar-refractivity contribution in [3.05, 3.63) is 12.2 Å². The molecule has 0 N–H and O–H groups in total. The van der Waals surface area contributed by atoms with Crippen LogP contribution in [0, 0.1) is 34.0 Å². The third-order valence-corrected chi connectivity index (χ3v) is 10.1. The van der Waals surface area contributed by atoms with E-state index < -0.39 is 5.41 Å². The van der Waals surface area contributed by atoms with E-state index in [0.717, 1.165) is 38.5 Å². The van der Waals surface area contributed by atoms with Crippen LogP contribution in [0.25, 0.3) is 0 Å². The average molecular weight is 475 g/mol. The van der Waals surface area contributed by atoms with Gasteiger partial charge >= 0.3 is 17.9 Å². The zero-order chi connectivity index (χ0) is 24.9. The summed E-state index contributed by atoms with van der Waals surface area (Å²) in [6, 6.07) is 0. The maximum absolute atomic E-state index is 12.6. The van der Waals surface area contributed by atoms with Crippen molar-refractivity contribution in [1.29, 1.82) is 0 Å². The summed E-state index contributed by atoms with van der Waals surface area (Å²) < 4.78 is 17.8. The van der Waals surface area contributed by atoms with Crippen LogP contribution in [0.15, 0.2) is 12.2 Å². The van der Waals surface area contributed by atoms with E-state index in [0.29, 0.717) is 31.1 Å². The largest absolute Gasteiger partial charge is 0.465 e. The first-order valence-corrected chi connectivity index (χ1v) is 13.2. The molecule has 4 fully saturated rings. The Bertz CT molecular complexity index is 865. The van der Waals surface area contributed by atoms with Crippen LogP contribution >= 0.6 is 0 Å². The molecule has 1 spiro atoms. The van der Waals surface area contributed by atoms with Crippen molar-refractivity contribution < 1.29 is 28.6 Å². The fourth-order valence-electron chi connectivity index (χ4n) is 8.55. The first-order chi connectivity index (χ1) is 16.0. The lowest BCUT2D eigenvalue weighted by molar-refractivity contribution is -0.243. The van der Waals surface area contributed by atoms with Crippen molar-refractivity contribution in [3.8, 4) is 0 Å². The van der Waals surface area contributed by atoms with Crippen LogP contribution in [0.2, 0.25) is 0 Å². The molecule has 6 heteroatoms. The number of rotatable bonds is 6. The number of allylic oxidation sites excluding steroid dienone is 1. The summed E-state index contributed by atoms with van der Waals surface area (Å²) in [4.78, 5) is 36.8. The van der Waals surface area contributed by atoms with Gasteiger partial charge in [-0.2, -0.15) is 0 Å². The van der Waals surface area contributed by atoms with E-state index in [1.54, 1.807) is 6.92 Å². The highest BCUT2D eigenvalue weighted by Gasteiger charge is 2.69. The number of carbonyl (C=O) groups is 3. The molecule has 0 aromatic heterocycles. The van der Waals surface area contributed by atoms with Crippen molar-refractivity contribution in [2.24, 2.45) is 34.0 Å². The van der Waals surface area contributed by atoms with E-state index in [2.05, 4.69) is 20.4 Å². The molecule has 34 heavy (non-hydrogen) atoms. The summed E-state index contributed by atoms with van der Waals surface area (Å²) in [5.74, 6) is 0.294. The third kappa shape index (κ3) is 3.89. The van der Waals surface area contributed by atoms with Gasteiger partial charge in [0.1, 0.15) is 18.8 Å². The molecule has 4 saturated carbocycles. The van der Waals surface area contributed by atoms with E-state index in [4.69, 9.17) is 14.2 Å². The molecule has 0 aromatic rings. The molecule has 190 valence electrons. The van der Waals surface area contributed by atoms with Gasteiger partial charge in [0.05, 0.1) is 0 Å². The molecule has 0 aromatic carbocycles. The van der Waals surface area contributed by atoms with Crippen molar-refractivity contribution >= 4 is 17.9 Å². The Morgan fingerprint density at radius 1 is 0.971 bits per heavy atom. The maximum atomic E-state index is 12.6. The Kier molecular flexibility index (Phi) is 6.67. The molecular weight excluding hydrogens is 432 g/mol. The Balaban J connectivity index is 1.77. The zero-order valence-electron chi connectivity index (χ0n) is 21.6. The summed E-state index contributed by atoms with van der Waals surface area (Å²) in [7, 11) is 0. The first-order valence-electron chi connectivity index (χ1n) is 13.2. The first kappa shape index (κ1) is 25.2. The predicted molar refractivity (Wildman–Crippen MR) is 128 cm³/mol. The SMILES string of the molecule is C=C1C[C@]23C[C@H]1CC[C@H]2[C@]1(C)CC[C@@H](OC(=O)CC)[C@](C)(COC(C)=O)[C@H]1C[C@@H]3OC(=O)CC. The van der Waals surface area contributed by atoms with Crippen LogP contribution in [0.1, 0.15) is 92.4 Å². The van der Waals surface area contributed by atoms with Crippen LogP contribution < -0.4 is 0 Å². The van der Waals surface area contributed by atoms with Gasteiger partial charge in [-0.1, -0.05) is 39.8 Å². The minimum absolute atomic E-state index is 0.0191. The Morgan fingerprint density at radius 2 is 1.62 bits per heavy atom. The molecule has 4 aliphatic rings. The molecule has 0 radical (unpaired) electrons. The molecule has 6 nitrogen and oxygen atoms in total. The molecule has 0 saturated heterocycles. The van der Waals surface area contributed by atoms with Crippen molar-refractivity contribution in [2.75, 3.05) is 6.61 Å². The van der Waals surface area contributed by atoms with Gasteiger partial charge in [-0.3, -0.25) is 14.4 Å². The van der Waals surface area contributed by atoms with Gasteiger partial charge in [-0.15, -0.1) is 0 Å². The number of ether oxygens (including phenoxy) is 3. The minimum atomic E-state index is -0.547. The highest BCUT2D eigenvalue weighted by molar-refractivity contribution is 5.69. The van der Waals surface area contributed by atoms with Crippen molar-refractivity contribution in [2.45, 2.75) is 105 Å². The van der Waals surface area contributed by atoms with Gasteiger partial charge in [0, 0.05) is 30.6 Å². The lowest BCUT2D eigenvalue weighted by Crippen LogP contribution is -2.66. The summed E-state index contributed by atoms with van der Waals surface area (Å²) in [5.41, 5.74) is 0.685. The number of esters is 3. The second-order valence-electron chi connectivity index (χ2n) is 11.9. The smallest absolute Gasteiger partial charge is 0.305 e. The lowest BCUT2D eigenvalue weighted by atomic mass is 9.40. The summed E-state index contributed by atoms with van der Waals surface area (Å²) in [6.07, 6.45) is 6.77. The summed E-state index contributed by atoms with van der Waals surface area (Å²) >= 11 is 0. The van der Waals surface area contributed by atoms with Gasteiger partial charge < -0.3 is 14.2 Å². The quantitative estimate of drug-likeness (QED) is 0.292. The Morgan fingerprint density at radius 3 is 2.24 bits per heavy atom. The highest BCUT2D eigenvalue weighted by Crippen LogP contribution is 2.72. The van der Waals surface area contributed by atoms with Gasteiger partial charge in [0.25, 0.3) is 0 Å². The number of hydrogen-bond donors (Lipinski definition) is 0. The van der Waals surface area contributed by atoms with E-state index in [-0.39, 0.29) is 53.5 Å². The fourth-order valence-corrected chi connectivity index (χ4v) is 8.55. The van der Waals surface area contributed by atoms with E-state index in [1.165, 1.54) is 12.5 Å². The van der Waals surface area contributed by atoms with Crippen molar-refractivity contribution in [1.82, 2.24) is 0 Å². The zero-order valence-corrected chi connectivity index (χ0v) is 21.6. The molecular formula is C28H42O6. The third-order valence-electron chi connectivity index (χ3n) is 10.1. The van der Waals surface area contributed by atoms with Crippen LogP contribution in [-0.2, 0) is 28.6 Å². The second-order valence-corrected chi connectivity index (χ2v) is 11.9. The standard InChI is InChI=1S/C28H42O6/c1-7-24(30)33-22-11-12-26(5)20-10-9-19-15-28(20,14-17(19)3)23(34-25(31)8-2)13-21(26)27(22,6)16-32-18(4)29/h19-23H,3,7-16H2,1-2,4-6H3/t19-,20+,21+,22-,23+,26+,27-,28+/m1/s1. The van der Waals surface area contributed by atoms with Gasteiger partial charge in [-0.05, 0) is 68.1 Å². The van der Waals surface area contributed by atoms with Crippen LogP contribution in [0.4, 0.5) is 0 Å². The lowest BCUT2D eigenvalue weighted by Gasteiger charge is -2.66. The Labute approximate surface area is 204 Å². The molecule has 0 amide bonds. The number of fused-ring (bicyclic) bond motifs is 3. The molecule has 0 heterocycles. The predicted octanol–water partition coefficient (Wildman–Crippen LogP) is 5.38. The molecule has 0 aliphatic heterocycles.